The Balaban J connectivity index is 2.90. The van der Waals surface area contributed by atoms with Crippen molar-refractivity contribution in [3.63, 3.8) is 0 Å². The molecule has 1 aromatic rings. The van der Waals surface area contributed by atoms with Crippen molar-refractivity contribution in [3.8, 4) is 0 Å². The highest BCUT2D eigenvalue weighted by molar-refractivity contribution is 5.29. The van der Waals surface area contributed by atoms with Gasteiger partial charge in [0, 0.05) is 0 Å². The first-order valence-corrected chi connectivity index (χ1v) is 5.64. The molecule has 1 aromatic carbocycles. The zero-order valence-corrected chi connectivity index (χ0v) is 10.3. The molecule has 0 spiro atoms. The van der Waals surface area contributed by atoms with Gasteiger partial charge in [-0.05, 0) is 36.5 Å². The summed E-state index contributed by atoms with van der Waals surface area (Å²) in [5.41, 5.74) is 3.83. The van der Waals surface area contributed by atoms with E-state index in [2.05, 4.69) is 38.3 Å². The summed E-state index contributed by atoms with van der Waals surface area (Å²) in [7, 11) is 0. The molecule has 1 atom stereocenters. The van der Waals surface area contributed by atoms with Gasteiger partial charge in [0.15, 0.2) is 0 Å². The van der Waals surface area contributed by atoms with Crippen LogP contribution in [0.4, 0.5) is 0 Å². The van der Waals surface area contributed by atoms with Crippen molar-refractivity contribution in [1.82, 2.24) is 0 Å². The standard InChI is InChI=1S/C15H20O/c1-5-10-15(4,16)14-8-6-13(7-9-14)11-12(2)3/h6-10,12,16H,1,11H2,2-4H3. The normalized spacial score (nSPS) is 14.3. The number of rotatable bonds is 4. The van der Waals surface area contributed by atoms with Crippen LogP contribution in [0.2, 0.25) is 0 Å². The SMILES string of the molecule is C=C=CC(C)(O)c1ccc(CC(C)C)cc1. The van der Waals surface area contributed by atoms with E-state index < -0.39 is 5.60 Å². The maximum absolute atomic E-state index is 10.1. The molecule has 0 radical (unpaired) electrons. The Kier molecular flexibility index (Phi) is 4.12. The molecule has 1 N–H and O–H groups in total. The van der Waals surface area contributed by atoms with E-state index >= 15 is 0 Å². The molecule has 0 saturated carbocycles. The molecule has 0 fully saturated rings. The van der Waals surface area contributed by atoms with Crippen LogP contribution in [0.3, 0.4) is 0 Å². The van der Waals surface area contributed by atoms with Crippen LogP contribution in [-0.4, -0.2) is 5.11 Å². The molecule has 0 aliphatic heterocycles. The highest BCUT2D eigenvalue weighted by atomic mass is 16.3. The van der Waals surface area contributed by atoms with Crippen molar-refractivity contribution in [2.24, 2.45) is 5.92 Å². The highest BCUT2D eigenvalue weighted by Gasteiger charge is 2.18. The van der Waals surface area contributed by atoms with E-state index in [1.54, 1.807) is 13.0 Å². The summed E-state index contributed by atoms with van der Waals surface area (Å²) in [6, 6.07) is 8.07. The average Bonchev–Trinajstić information content (AvgIpc) is 2.17. The van der Waals surface area contributed by atoms with Gasteiger partial charge in [0.1, 0.15) is 5.60 Å². The van der Waals surface area contributed by atoms with Gasteiger partial charge in [-0.1, -0.05) is 44.7 Å². The summed E-state index contributed by atoms with van der Waals surface area (Å²) in [5.74, 6) is 0.652. The Labute approximate surface area is 98.1 Å². The fourth-order valence-electron chi connectivity index (χ4n) is 1.73. The van der Waals surface area contributed by atoms with Gasteiger partial charge in [0.05, 0.1) is 0 Å². The third-order valence-electron chi connectivity index (χ3n) is 2.57. The third kappa shape index (κ3) is 3.37. The molecule has 0 aromatic heterocycles. The van der Waals surface area contributed by atoms with Crippen LogP contribution >= 0.6 is 0 Å². The van der Waals surface area contributed by atoms with Crippen LogP contribution in [-0.2, 0) is 12.0 Å². The average molecular weight is 216 g/mol. The van der Waals surface area contributed by atoms with Gasteiger partial charge in [-0.2, -0.15) is 0 Å². The highest BCUT2D eigenvalue weighted by Crippen LogP contribution is 2.22. The summed E-state index contributed by atoms with van der Waals surface area (Å²) >= 11 is 0. The molecule has 1 unspecified atom stereocenters. The number of benzene rings is 1. The summed E-state index contributed by atoms with van der Waals surface area (Å²) in [6.45, 7) is 9.62. The van der Waals surface area contributed by atoms with E-state index in [4.69, 9.17) is 0 Å². The molecule has 1 rings (SSSR count). The number of aliphatic hydroxyl groups is 1. The molecule has 86 valence electrons. The molecule has 1 nitrogen and oxygen atoms in total. The molecule has 16 heavy (non-hydrogen) atoms. The van der Waals surface area contributed by atoms with Gasteiger partial charge < -0.3 is 5.11 Å². The quantitative estimate of drug-likeness (QED) is 0.764. The van der Waals surface area contributed by atoms with E-state index in [0.29, 0.717) is 5.92 Å². The molecular formula is C15H20O. The molecule has 0 bridgehead atoms. The van der Waals surface area contributed by atoms with Gasteiger partial charge >= 0.3 is 0 Å². The van der Waals surface area contributed by atoms with Crippen molar-refractivity contribution in [3.05, 3.63) is 53.8 Å². The molecule has 0 aliphatic rings. The molecule has 0 saturated heterocycles. The van der Waals surface area contributed by atoms with Gasteiger partial charge in [0.25, 0.3) is 0 Å². The molecular weight excluding hydrogens is 196 g/mol. The Morgan fingerprint density at radius 3 is 2.38 bits per heavy atom. The van der Waals surface area contributed by atoms with E-state index in [9.17, 15) is 5.11 Å². The second kappa shape index (κ2) is 5.16. The minimum absolute atomic E-state index is 0.652. The maximum Gasteiger partial charge on any atom is 0.112 e. The van der Waals surface area contributed by atoms with Crippen molar-refractivity contribution in [2.45, 2.75) is 32.8 Å². The minimum atomic E-state index is -0.974. The summed E-state index contributed by atoms with van der Waals surface area (Å²) < 4.78 is 0. The number of hydrogen-bond donors (Lipinski definition) is 1. The van der Waals surface area contributed by atoms with Crippen molar-refractivity contribution >= 4 is 0 Å². The lowest BCUT2D eigenvalue weighted by atomic mass is 9.93. The maximum atomic E-state index is 10.1. The molecule has 0 heterocycles. The van der Waals surface area contributed by atoms with Gasteiger partial charge in [-0.15, -0.1) is 5.73 Å². The first-order chi connectivity index (χ1) is 7.45. The van der Waals surface area contributed by atoms with Crippen molar-refractivity contribution < 1.29 is 5.11 Å². The third-order valence-corrected chi connectivity index (χ3v) is 2.57. The summed E-state index contributed by atoms with van der Waals surface area (Å²) in [4.78, 5) is 0. The lowest BCUT2D eigenvalue weighted by Gasteiger charge is -2.19. The van der Waals surface area contributed by atoms with E-state index in [1.165, 1.54) is 5.56 Å². The summed E-state index contributed by atoms with van der Waals surface area (Å²) in [5, 5.41) is 10.1. The van der Waals surface area contributed by atoms with Crippen LogP contribution in [0, 0.1) is 5.92 Å². The fraction of sp³-hybridized carbons (Fsp3) is 0.400. The minimum Gasteiger partial charge on any atom is -0.381 e. The Morgan fingerprint density at radius 2 is 1.94 bits per heavy atom. The Hall–Kier alpha value is -1.30. The predicted octanol–water partition coefficient (Wildman–Crippen LogP) is 3.43. The zero-order chi connectivity index (χ0) is 12.2. The predicted molar refractivity (Wildman–Crippen MR) is 68.3 cm³/mol. The van der Waals surface area contributed by atoms with Crippen molar-refractivity contribution in [1.29, 1.82) is 0 Å². The lowest BCUT2D eigenvalue weighted by Crippen LogP contribution is -2.17. The second-order valence-electron chi connectivity index (χ2n) is 4.79. The van der Waals surface area contributed by atoms with E-state index in [-0.39, 0.29) is 0 Å². The van der Waals surface area contributed by atoms with Crippen LogP contribution in [0.15, 0.2) is 42.7 Å². The monoisotopic (exact) mass is 216 g/mol. The molecule has 1 heteroatoms. The largest absolute Gasteiger partial charge is 0.381 e. The van der Waals surface area contributed by atoms with E-state index in [1.807, 2.05) is 12.1 Å². The van der Waals surface area contributed by atoms with Crippen LogP contribution in [0.5, 0.6) is 0 Å². The lowest BCUT2D eigenvalue weighted by molar-refractivity contribution is 0.111. The Bertz CT molecular complexity index is 378. The van der Waals surface area contributed by atoms with Gasteiger partial charge in [-0.3, -0.25) is 0 Å². The topological polar surface area (TPSA) is 20.2 Å². The van der Waals surface area contributed by atoms with Gasteiger partial charge in [0.2, 0.25) is 0 Å². The van der Waals surface area contributed by atoms with Crippen LogP contribution in [0.1, 0.15) is 31.9 Å². The van der Waals surface area contributed by atoms with E-state index in [0.717, 1.165) is 12.0 Å². The summed E-state index contributed by atoms with van der Waals surface area (Å²) in [6.07, 6.45) is 2.64. The van der Waals surface area contributed by atoms with Crippen molar-refractivity contribution in [2.75, 3.05) is 0 Å². The fourth-order valence-corrected chi connectivity index (χ4v) is 1.73. The first-order valence-electron chi connectivity index (χ1n) is 5.64. The van der Waals surface area contributed by atoms with Crippen LogP contribution in [0.25, 0.3) is 0 Å². The smallest absolute Gasteiger partial charge is 0.112 e. The van der Waals surface area contributed by atoms with Gasteiger partial charge in [-0.25, -0.2) is 0 Å². The molecule has 0 amide bonds. The zero-order valence-electron chi connectivity index (χ0n) is 10.3. The van der Waals surface area contributed by atoms with Crippen LogP contribution < -0.4 is 0 Å². The molecule has 0 aliphatic carbocycles. The Morgan fingerprint density at radius 1 is 1.38 bits per heavy atom. The first kappa shape index (κ1) is 12.8. The second-order valence-corrected chi connectivity index (χ2v) is 4.79. The number of hydrogen-bond acceptors (Lipinski definition) is 1.